The van der Waals surface area contributed by atoms with Gasteiger partial charge in [0, 0.05) is 35.1 Å². The molecule has 1 N–H and O–H groups in total. The van der Waals surface area contributed by atoms with E-state index in [1.54, 1.807) is 7.11 Å². The number of H-pyrrole nitrogens is 1. The van der Waals surface area contributed by atoms with Crippen molar-refractivity contribution in [2.45, 2.75) is 19.8 Å². The summed E-state index contributed by atoms with van der Waals surface area (Å²) in [5.74, 6) is 3.07. The summed E-state index contributed by atoms with van der Waals surface area (Å²) in [5.41, 5.74) is 2.95. The van der Waals surface area contributed by atoms with Gasteiger partial charge in [-0.2, -0.15) is 0 Å². The molecule has 1 atom stereocenters. The first kappa shape index (κ1) is 20.6. The van der Waals surface area contributed by atoms with Crippen molar-refractivity contribution in [2.24, 2.45) is 5.92 Å². The first-order valence-corrected chi connectivity index (χ1v) is 11.0. The van der Waals surface area contributed by atoms with Gasteiger partial charge in [0.2, 0.25) is 5.88 Å². The second kappa shape index (κ2) is 8.67. The Bertz CT molecular complexity index is 1250. The summed E-state index contributed by atoms with van der Waals surface area (Å²) in [7, 11) is 3.81. The van der Waals surface area contributed by atoms with Gasteiger partial charge in [-0.1, -0.05) is 0 Å². The second-order valence-corrected chi connectivity index (χ2v) is 8.58. The molecule has 2 aromatic heterocycles. The molecule has 2 aromatic carbocycles. The third-order valence-electron chi connectivity index (χ3n) is 6.02. The fourth-order valence-corrected chi connectivity index (χ4v) is 4.44. The zero-order valence-electron chi connectivity index (χ0n) is 18.7. The normalized spacial score (nSPS) is 17.0. The minimum absolute atomic E-state index is 0.486. The number of benzene rings is 2. The molecule has 4 aromatic rings. The van der Waals surface area contributed by atoms with E-state index in [1.807, 2.05) is 37.3 Å². The minimum atomic E-state index is 0.486. The summed E-state index contributed by atoms with van der Waals surface area (Å²) < 4.78 is 18.0. The molecule has 1 fully saturated rings. The Labute approximate surface area is 187 Å². The summed E-state index contributed by atoms with van der Waals surface area (Å²) in [4.78, 5) is 14.5. The molecule has 0 aliphatic carbocycles. The lowest BCUT2D eigenvalue weighted by atomic mass is 9.99. The monoisotopic (exact) mass is 432 g/mol. The van der Waals surface area contributed by atoms with Crippen LogP contribution in [0.1, 0.15) is 18.5 Å². The predicted molar refractivity (Wildman–Crippen MR) is 125 cm³/mol. The lowest BCUT2D eigenvalue weighted by Crippen LogP contribution is -2.34. The van der Waals surface area contributed by atoms with Gasteiger partial charge in [-0.05, 0) is 63.7 Å². The first-order chi connectivity index (χ1) is 15.6. The molecule has 0 saturated carbocycles. The Morgan fingerprint density at radius 2 is 2.03 bits per heavy atom. The van der Waals surface area contributed by atoms with E-state index < -0.39 is 0 Å². The highest BCUT2D eigenvalue weighted by molar-refractivity contribution is 5.87. The third kappa shape index (κ3) is 4.21. The van der Waals surface area contributed by atoms with Crippen LogP contribution < -0.4 is 14.2 Å². The number of fused-ring (bicyclic) bond motifs is 2. The van der Waals surface area contributed by atoms with Crippen LogP contribution in [0.25, 0.3) is 21.8 Å². The Hall–Kier alpha value is -3.32. The smallest absolute Gasteiger partial charge is 0.230 e. The summed E-state index contributed by atoms with van der Waals surface area (Å²) in [5, 5.41) is 1.87. The van der Waals surface area contributed by atoms with Crippen molar-refractivity contribution in [3.8, 4) is 23.1 Å². The summed E-state index contributed by atoms with van der Waals surface area (Å²) in [6.07, 6.45) is 3.91. The number of nitrogens with zero attached hydrogens (tertiary/aromatic N) is 3. The molecule has 0 spiro atoms. The van der Waals surface area contributed by atoms with Crippen LogP contribution in [-0.2, 0) is 0 Å². The van der Waals surface area contributed by atoms with Crippen molar-refractivity contribution >= 4 is 21.8 Å². The van der Waals surface area contributed by atoms with Crippen LogP contribution in [0.4, 0.5) is 0 Å². The Kier molecular flexibility index (Phi) is 5.57. The fraction of sp³-hybridized carbons (Fsp3) is 0.360. The number of rotatable bonds is 6. The number of ether oxygens (including phenoxy) is 3. The average Bonchev–Trinajstić information content (AvgIpc) is 3.16. The van der Waals surface area contributed by atoms with E-state index >= 15 is 0 Å². The van der Waals surface area contributed by atoms with E-state index in [2.05, 4.69) is 33.0 Å². The SMILES string of the molecule is COc1cc2c(Oc3ccc4[nH]c(C)cc4c3)ncnc2cc1OCC1CCCN(C)C1. The molecule has 0 bridgehead atoms. The number of likely N-dealkylation sites (tertiary alicyclic amines) is 1. The lowest BCUT2D eigenvalue weighted by molar-refractivity contribution is 0.148. The van der Waals surface area contributed by atoms with Gasteiger partial charge in [-0.25, -0.2) is 9.97 Å². The number of aryl methyl sites for hydroxylation is 1. The van der Waals surface area contributed by atoms with Crippen molar-refractivity contribution in [1.82, 2.24) is 19.9 Å². The van der Waals surface area contributed by atoms with Gasteiger partial charge in [0.15, 0.2) is 11.5 Å². The molecule has 32 heavy (non-hydrogen) atoms. The summed E-state index contributed by atoms with van der Waals surface area (Å²) in [6.45, 7) is 4.92. The van der Waals surface area contributed by atoms with Crippen molar-refractivity contribution in [2.75, 3.05) is 33.9 Å². The van der Waals surface area contributed by atoms with Gasteiger partial charge in [-0.15, -0.1) is 0 Å². The van der Waals surface area contributed by atoms with E-state index in [1.165, 1.54) is 19.2 Å². The van der Waals surface area contributed by atoms with Gasteiger partial charge in [0.1, 0.15) is 12.1 Å². The maximum Gasteiger partial charge on any atom is 0.230 e. The van der Waals surface area contributed by atoms with Crippen molar-refractivity contribution < 1.29 is 14.2 Å². The molecule has 1 unspecified atom stereocenters. The minimum Gasteiger partial charge on any atom is -0.493 e. The highest BCUT2D eigenvalue weighted by atomic mass is 16.5. The van der Waals surface area contributed by atoms with Crippen LogP contribution in [0.5, 0.6) is 23.1 Å². The van der Waals surface area contributed by atoms with Crippen LogP contribution >= 0.6 is 0 Å². The quantitative estimate of drug-likeness (QED) is 0.465. The van der Waals surface area contributed by atoms with Crippen LogP contribution in [0.3, 0.4) is 0 Å². The maximum atomic E-state index is 6.18. The number of hydrogen-bond donors (Lipinski definition) is 1. The number of aromatic amines is 1. The van der Waals surface area contributed by atoms with E-state index in [-0.39, 0.29) is 0 Å². The molecule has 166 valence electrons. The van der Waals surface area contributed by atoms with Gasteiger partial charge in [0.05, 0.1) is 24.6 Å². The molecule has 1 aliphatic heterocycles. The highest BCUT2D eigenvalue weighted by Crippen LogP contribution is 2.37. The molecular weight excluding hydrogens is 404 g/mol. The number of hydrogen-bond acceptors (Lipinski definition) is 6. The highest BCUT2D eigenvalue weighted by Gasteiger charge is 2.19. The molecule has 7 nitrogen and oxygen atoms in total. The molecule has 5 rings (SSSR count). The fourth-order valence-electron chi connectivity index (χ4n) is 4.44. The van der Waals surface area contributed by atoms with Crippen LogP contribution in [0.2, 0.25) is 0 Å². The molecule has 1 aliphatic rings. The molecule has 1 saturated heterocycles. The van der Waals surface area contributed by atoms with E-state index in [0.717, 1.165) is 46.3 Å². The second-order valence-electron chi connectivity index (χ2n) is 8.58. The maximum absolute atomic E-state index is 6.18. The predicted octanol–water partition coefficient (Wildman–Crippen LogP) is 4.94. The number of aromatic nitrogens is 3. The van der Waals surface area contributed by atoms with E-state index in [4.69, 9.17) is 14.2 Å². The Balaban J connectivity index is 1.41. The van der Waals surface area contributed by atoms with E-state index in [0.29, 0.717) is 29.9 Å². The standard InChI is InChI=1S/C25H28N4O3/c1-16-9-18-10-19(6-7-21(18)28-16)32-25-20-11-23(30-3)24(12-22(20)26-15-27-25)31-14-17-5-4-8-29(2)13-17/h6-7,9-12,15,17,28H,4-5,8,13-14H2,1-3H3. The molecular formula is C25H28N4O3. The average molecular weight is 433 g/mol. The summed E-state index contributed by atoms with van der Waals surface area (Å²) >= 11 is 0. The van der Waals surface area contributed by atoms with Crippen molar-refractivity contribution in [3.63, 3.8) is 0 Å². The number of methoxy groups -OCH3 is 1. The molecule has 3 heterocycles. The first-order valence-electron chi connectivity index (χ1n) is 11.0. The van der Waals surface area contributed by atoms with Gasteiger partial charge in [0.25, 0.3) is 0 Å². The zero-order valence-corrected chi connectivity index (χ0v) is 18.7. The molecule has 0 radical (unpaired) electrons. The summed E-state index contributed by atoms with van der Waals surface area (Å²) in [6, 6.07) is 11.8. The van der Waals surface area contributed by atoms with Gasteiger partial charge < -0.3 is 24.1 Å². The number of nitrogens with one attached hydrogen (secondary N) is 1. The lowest BCUT2D eigenvalue weighted by Gasteiger charge is -2.29. The Morgan fingerprint density at radius 3 is 2.88 bits per heavy atom. The topological polar surface area (TPSA) is 72.5 Å². The van der Waals surface area contributed by atoms with Crippen molar-refractivity contribution in [1.29, 1.82) is 0 Å². The van der Waals surface area contributed by atoms with Crippen LogP contribution in [-0.4, -0.2) is 53.7 Å². The Morgan fingerprint density at radius 1 is 1.12 bits per heavy atom. The largest absolute Gasteiger partial charge is 0.493 e. The molecule has 7 heteroatoms. The van der Waals surface area contributed by atoms with Gasteiger partial charge in [-0.3, -0.25) is 0 Å². The number of piperidine rings is 1. The van der Waals surface area contributed by atoms with E-state index in [9.17, 15) is 0 Å². The van der Waals surface area contributed by atoms with Crippen LogP contribution in [0, 0.1) is 12.8 Å². The third-order valence-corrected chi connectivity index (χ3v) is 6.02. The van der Waals surface area contributed by atoms with Crippen LogP contribution in [0.15, 0.2) is 42.7 Å². The molecule has 0 amide bonds. The van der Waals surface area contributed by atoms with Gasteiger partial charge >= 0.3 is 0 Å². The van der Waals surface area contributed by atoms with Crippen molar-refractivity contribution in [3.05, 3.63) is 48.4 Å². The zero-order chi connectivity index (χ0) is 22.1.